The monoisotopic (exact) mass is 637 g/mol. The number of benzene rings is 3. The Morgan fingerprint density at radius 3 is 2.66 bits per heavy atom. The van der Waals surface area contributed by atoms with Gasteiger partial charge < -0.3 is 18.6 Å². The summed E-state index contributed by atoms with van der Waals surface area (Å²) in [4.78, 5) is 30.3. The van der Waals surface area contributed by atoms with E-state index in [0.29, 0.717) is 44.6 Å². The third kappa shape index (κ3) is 5.98. The molecule has 0 spiro atoms. The highest BCUT2D eigenvalue weighted by Crippen LogP contribution is 2.42. The molecule has 0 N–H and O–H groups in total. The molecule has 0 aliphatic rings. The van der Waals surface area contributed by atoms with Gasteiger partial charge in [-0.2, -0.15) is 9.78 Å². The molecule has 11 heteroatoms. The van der Waals surface area contributed by atoms with Gasteiger partial charge in [-0.3, -0.25) is 4.79 Å². The minimum Gasteiger partial charge on any atom is -0.490 e. The summed E-state index contributed by atoms with van der Waals surface area (Å²) in [5.74, 6) is 0.542. The summed E-state index contributed by atoms with van der Waals surface area (Å²) in [6, 6.07) is 18.0. The summed E-state index contributed by atoms with van der Waals surface area (Å²) < 4.78 is 24.2. The summed E-state index contributed by atoms with van der Waals surface area (Å²) in [7, 11) is 0. The van der Waals surface area contributed by atoms with E-state index in [-0.39, 0.29) is 34.9 Å². The lowest BCUT2D eigenvalue weighted by atomic mass is 10.2. The number of aromatic nitrogens is 2. The molecule has 41 heavy (non-hydrogen) atoms. The van der Waals surface area contributed by atoms with Gasteiger partial charge in [-0.15, -0.1) is 0 Å². The zero-order valence-electron chi connectivity index (χ0n) is 22.4. The number of para-hydroxylation sites is 2. The van der Waals surface area contributed by atoms with Crippen molar-refractivity contribution >= 4 is 61.6 Å². The molecule has 0 bridgehead atoms. The Bertz CT molecular complexity index is 1810. The lowest BCUT2D eigenvalue weighted by Gasteiger charge is -2.16. The summed E-state index contributed by atoms with van der Waals surface area (Å²) in [5, 5.41) is 5.93. The van der Waals surface area contributed by atoms with Crippen molar-refractivity contribution in [1.29, 1.82) is 0 Å². The number of fused-ring (bicyclic) bond motifs is 2. The highest BCUT2D eigenvalue weighted by molar-refractivity contribution is 9.10. The number of nitrogens with zero attached hydrogens (tertiary/aromatic N) is 3. The first-order valence-corrected chi connectivity index (χ1v) is 14.0. The number of halogens is 2. The fourth-order valence-corrected chi connectivity index (χ4v) is 4.78. The Balaban J connectivity index is 1.59. The van der Waals surface area contributed by atoms with E-state index < -0.39 is 5.97 Å². The van der Waals surface area contributed by atoms with Gasteiger partial charge in [0, 0.05) is 15.4 Å². The van der Waals surface area contributed by atoms with E-state index in [1.54, 1.807) is 45.0 Å². The Labute approximate surface area is 248 Å². The van der Waals surface area contributed by atoms with Gasteiger partial charge in [0.05, 0.1) is 29.8 Å². The second-order valence-electron chi connectivity index (χ2n) is 9.14. The van der Waals surface area contributed by atoms with Crippen molar-refractivity contribution in [2.45, 2.75) is 26.9 Å². The average molecular weight is 639 g/mol. The van der Waals surface area contributed by atoms with Gasteiger partial charge in [0.1, 0.15) is 10.6 Å². The van der Waals surface area contributed by atoms with Crippen molar-refractivity contribution < 1.29 is 23.4 Å². The molecule has 2 heterocycles. The molecule has 0 aliphatic carbocycles. The van der Waals surface area contributed by atoms with Crippen molar-refractivity contribution in [3.05, 3.63) is 86.1 Å². The van der Waals surface area contributed by atoms with Crippen molar-refractivity contribution in [1.82, 2.24) is 9.66 Å². The van der Waals surface area contributed by atoms with Crippen LogP contribution in [0, 0.1) is 0 Å². The quantitative estimate of drug-likeness (QED) is 0.129. The van der Waals surface area contributed by atoms with Gasteiger partial charge in [0.15, 0.2) is 23.9 Å². The smallest absolute Gasteiger partial charge is 0.344 e. The first-order valence-electron chi connectivity index (χ1n) is 12.8. The molecule has 0 saturated carbocycles. The topological polar surface area (TPSA) is 105 Å². The molecule has 0 saturated heterocycles. The molecule has 0 unspecified atom stereocenters. The molecule has 3 aromatic carbocycles. The molecule has 9 nitrogen and oxygen atoms in total. The molecular weight excluding hydrogens is 614 g/mol. The Morgan fingerprint density at radius 1 is 1.15 bits per heavy atom. The van der Waals surface area contributed by atoms with E-state index in [4.69, 9.17) is 35.2 Å². The zero-order valence-corrected chi connectivity index (χ0v) is 24.7. The van der Waals surface area contributed by atoms with Crippen LogP contribution in [-0.4, -0.2) is 41.2 Å². The van der Waals surface area contributed by atoms with Gasteiger partial charge in [0.2, 0.25) is 5.82 Å². The Morgan fingerprint density at radius 2 is 1.90 bits per heavy atom. The zero-order chi connectivity index (χ0) is 29.1. The van der Waals surface area contributed by atoms with Crippen LogP contribution in [0.3, 0.4) is 0 Å². The number of esters is 1. The van der Waals surface area contributed by atoms with Crippen LogP contribution in [0.1, 0.15) is 26.3 Å². The van der Waals surface area contributed by atoms with Crippen LogP contribution >= 0.6 is 27.5 Å². The Hall–Kier alpha value is -4.15. The first kappa shape index (κ1) is 28.4. The number of hydrogen-bond acceptors (Lipinski definition) is 8. The van der Waals surface area contributed by atoms with E-state index >= 15 is 0 Å². The number of carbonyl (C=O) groups excluding carboxylic acids is 1. The molecule has 0 amide bonds. The fraction of sp³-hybridized carbons (Fsp3) is 0.200. The summed E-state index contributed by atoms with van der Waals surface area (Å²) in [6.45, 7) is 5.26. The van der Waals surface area contributed by atoms with Crippen molar-refractivity contribution in [2.24, 2.45) is 5.10 Å². The fourth-order valence-electron chi connectivity index (χ4n) is 4.13. The van der Waals surface area contributed by atoms with Crippen LogP contribution in [0.15, 0.2) is 79.4 Å². The SMILES string of the molecule is CCOc1cc(C=Nn2c(-c3cc4ccccc4o3)nc3ccccc3c2=O)c(Br)c(Cl)c1OCC(=O)OC(C)C. The summed E-state index contributed by atoms with van der Waals surface area (Å²) in [5.41, 5.74) is 1.29. The highest BCUT2D eigenvalue weighted by atomic mass is 79.9. The third-order valence-corrected chi connectivity index (χ3v) is 7.31. The standard InChI is InChI=1S/C30H25BrClN3O6/c1-4-38-23-14-19(26(31)27(32)28(23)39-16-25(36)40-17(2)3)15-33-35-29(24-13-18-9-5-8-12-22(18)41-24)34-21-11-7-6-10-20(21)30(35)37/h5-15,17H,4,16H2,1-3H3. The molecule has 0 radical (unpaired) electrons. The molecule has 0 fully saturated rings. The van der Waals surface area contributed by atoms with Crippen molar-refractivity contribution in [3.8, 4) is 23.1 Å². The average Bonchev–Trinajstić information content (AvgIpc) is 3.38. The van der Waals surface area contributed by atoms with Gasteiger partial charge >= 0.3 is 5.97 Å². The number of ether oxygens (including phenoxy) is 3. The number of rotatable bonds is 9. The second kappa shape index (κ2) is 12.2. The van der Waals surface area contributed by atoms with E-state index in [9.17, 15) is 9.59 Å². The van der Waals surface area contributed by atoms with E-state index in [0.717, 1.165) is 5.39 Å². The maximum atomic E-state index is 13.6. The minimum absolute atomic E-state index is 0.163. The van der Waals surface area contributed by atoms with Crippen LogP contribution in [0.25, 0.3) is 33.5 Å². The molecule has 210 valence electrons. The predicted molar refractivity (Wildman–Crippen MR) is 161 cm³/mol. The summed E-state index contributed by atoms with van der Waals surface area (Å²) in [6.07, 6.45) is 1.18. The van der Waals surface area contributed by atoms with Crippen LogP contribution < -0.4 is 15.0 Å². The largest absolute Gasteiger partial charge is 0.490 e. The lowest BCUT2D eigenvalue weighted by molar-refractivity contribution is -0.149. The molecule has 5 rings (SSSR count). The molecule has 2 aromatic heterocycles. The number of hydrogen-bond donors (Lipinski definition) is 0. The Kier molecular flexibility index (Phi) is 8.41. The maximum absolute atomic E-state index is 13.6. The van der Waals surface area contributed by atoms with E-state index in [2.05, 4.69) is 21.0 Å². The highest BCUT2D eigenvalue weighted by Gasteiger charge is 2.20. The van der Waals surface area contributed by atoms with Crippen LogP contribution in [0.4, 0.5) is 0 Å². The molecular formula is C30H25BrClN3O6. The molecule has 0 aliphatic heterocycles. The lowest BCUT2D eigenvalue weighted by Crippen LogP contribution is -2.20. The van der Waals surface area contributed by atoms with Crippen molar-refractivity contribution in [3.63, 3.8) is 0 Å². The first-order chi connectivity index (χ1) is 19.8. The maximum Gasteiger partial charge on any atom is 0.344 e. The van der Waals surface area contributed by atoms with Gasteiger partial charge in [-0.1, -0.05) is 41.9 Å². The van der Waals surface area contributed by atoms with E-state index in [1.807, 2.05) is 36.4 Å². The van der Waals surface area contributed by atoms with Crippen LogP contribution in [0.2, 0.25) is 5.02 Å². The van der Waals surface area contributed by atoms with Crippen LogP contribution in [0.5, 0.6) is 11.5 Å². The number of carbonyl (C=O) groups is 1. The van der Waals surface area contributed by atoms with E-state index in [1.165, 1.54) is 10.9 Å². The van der Waals surface area contributed by atoms with Gasteiger partial charge in [-0.25, -0.2) is 9.78 Å². The van der Waals surface area contributed by atoms with Crippen molar-refractivity contribution in [2.75, 3.05) is 13.2 Å². The molecule has 5 aromatic rings. The minimum atomic E-state index is -0.540. The van der Waals surface area contributed by atoms with Gasteiger partial charge in [0.25, 0.3) is 5.56 Å². The predicted octanol–water partition coefficient (Wildman–Crippen LogP) is 6.84. The molecule has 0 atom stereocenters. The number of furan rings is 1. The van der Waals surface area contributed by atoms with Crippen LogP contribution in [-0.2, 0) is 9.53 Å². The normalized spacial score (nSPS) is 11.6. The second-order valence-corrected chi connectivity index (χ2v) is 10.3. The van der Waals surface area contributed by atoms with Gasteiger partial charge in [-0.05, 0) is 67.0 Å². The third-order valence-electron chi connectivity index (χ3n) is 5.87. The summed E-state index contributed by atoms with van der Waals surface area (Å²) >= 11 is 10.1.